The Morgan fingerprint density at radius 3 is 3.14 bits per heavy atom. The molecule has 1 rings (SSSR count). The average Bonchev–Trinajstić information content (AvgIpc) is 1.90. The van der Waals surface area contributed by atoms with Crippen LogP contribution >= 0.6 is 18.8 Å². The smallest absolute Gasteiger partial charge is 0.0201 e. The molecule has 0 spiro atoms. The Hall–Kier alpha value is -0.0000000000000000555. The lowest BCUT2D eigenvalue weighted by atomic mass is 10.5. The highest BCUT2D eigenvalue weighted by Crippen LogP contribution is 2.20. The number of rotatable bonds is 0. The molecule has 1 aliphatic rings. The summed E-state index contributed by atoms with van der Waals surface area (Å²) in [6, 6.07) is 0. The van der Waals surface area contributed by atoms with Gasteiger partial charge in [0.05, 0.1) is 0 Å². The van der Waals surface area contributed by atoms with E-state index in [9.17, 15) is 0 Å². The van der Waals surface area contributed by atoms with Crippen molar-refractivity contribution in [1.29, 1.82) is 0 Å². The van der Waals surface area contributed by atoms with Gasteiger partial charge in [0.25, 0.3) is 0 Å². The van der Waals surface area contributed by atoms with E-state index in [0.717, 1.165) is 0 Å². The molecule has 0 amide bonds. The van der Waals surface area contributed by atoms with Crippen LogP contribution in [0.1, 0.15) is 0 Å². The first-order valence-electron chi connectivity index (χ1n) is 2.01. The third-order valence-corrected chi connectivity index (χ3v) is 2.36. The van der Waals surface area contributed by atoms with E-state index in [2.05, 4.69) is 17.3 Å². The van der Waals surface area contributed by atoms with Crippen molar-refractivity contribution in [1.82, 2.24) is 0 Å². The van der Waals surface area contributed by atoms with Gasteiger partial charge in [-0.2, -0.15) is 0 Å². The summed E-state index contributed by atoms with van der Waals surface area (Å²) < 4.78 is 0. The van der Waals surface area contributed by atoms with Crippen LogP contribution in [0.4, 0.5) is 0 Å². The van der Waals surface area contributed by atoms with Gasteiger partial charge in [0.1, 0.15) is 0 Å². The maximum atomic E-state index is 2.12. The van der Waals surface area contributed by atoms with E-state index in [-0.39, 0.29) is 0 Å². The molecule has 2 heteroatoms. The van der Waals surface area contributed by atoms with Gasteiger partial charge in [-0.1, -0.05) is 29.6 Å². The van der Waals surface area contributed by atoms with Crippen LogP contribution in [-0.2, 0) is 0 Å². The Morgan fingerprint density at radius 2 is 2.14 bits per heavy atom. The van der Waals surface area contributed by atoms with Crippen LogP contribution < -0.4 is 0 Å². The summed E-state index contributed by atoms with van der Waals surface area (Å²) in [6.07, 6.45) is 6.13. The third-order valence-electron chi connectivity index (χ3n) is 0.569. The summed E-state index contributed by atoms with van der Waals surface area (Å²) in [6.45, 7) is 0. The van der Waals surface area contributed by atoms with E-state index in [0.29, 0.717) is 0 Å². The Kier molecular flexibility index (Phi) is 2.25. The predicted octanol–water partition coefficient (Wildman–Crippen LogP) is 2.47. The van der Waals surface area contributed by atoms with Gasteiger partial charge in [-0.15, -0.1) is 0 Å². The lowest BCUT2D eigenvalue weighted by Gasteiger charge is -1.68. The minimum Gasteiger partial charge on any atom is -0.0739 e. The van der Waals surface area contributed by atoms with Crippen molar-refractivity contribution >= 4 is 24.6 Å². The van der Waals surface area contributed by atoms with E-state index in [4.69, 9.17) is 0 Å². The fourth-order valence-electron chi connectivity index (χ4n) is 0.300. The second-order valence-corrected chi connectivity index (χ2v) is 3.33. The first kappa shape index (κ1) is 5.14. The molecular weight excluding hydrogens is 123 g/mol. The summed E-state index contributed by atoms with van der Waals surface area (Å²) in [4.78, 5) is 0. The molecule has 0 aromatic carbocycles. The second kappa shape index (κ2) is 3.06. The molecule has 0 fully saturated rings. The molecule has 1 aliphatic heterocycles. The molecule has 0 nitrogen and oxygen atoms in total. The highest BCUT2D eigenvalue weighted by molar-refractivity contribution is 8.50. The van der Waals surface area contributed by atoms with Crippen molar-refractivity contribution in [3.8, 4) is 0 Å². The number of allylic oxidation sites excluding steroid dienone is 3. The van der Waals surface area contributed by atoms with Gasteiger partial charge in [0, 0.05) is 0 Å². The molecule has 0 aromatic rings. The maximum absolute atomic E-state index is 2.12. The Bertz CT molecular complexity index is 110. The van der Waals surface area contributed by atoms with Gasteiger partial charge < -0.3 is 0 Å². The van der Waals surface area contributed by atoms with Crippen LogP contribution in [0.15, 0.2) is 23.6 Å². The molecule has 7 heavy (non-hydrogen) atoms. The van der Waals surface area contributed by atoms with E-state index >= 15 is 0 Å². The zero-order valence-electron chi connectivity index (χ0n) is 3.74. The van der Waals surface area contributed by atoms with Crippen molar-refractivity contribution < 1.29 is 0 Å². The summed E-state index contributed by atoms with van der Waals surface area (Å²) in [5.41, 5.74) is 0. The molecule has 0 aliphatic carbocycles. The van der Waals surface area contributed by atoms with Crippen molar-refractivity contribution in [3.05, 3.63) is 23.6 Å². The van der Waals surface area contributed by atoms with Crippen molar-refractivity contribution in [2.24, 2.45) is 0 Å². The lowest BCUT2D eigenvalue weighted by Crippen LogP contribution is -1.46. The molecule has 0 bridgehead atoms. The van der Waals surface area contributed by atoms with E-state index < -0.39 is 0 Å². The van der Waals surface area contributed by atoms with Gasteiger partial charge in [-0.25, -0.2) is 0 Å². The maximum Gasteiger partial charge on any atom is -0.0201 e. The fraction of sp³-hybridized carbons (Fsp3) is 0. The SMILES string of the molecule is C1=CC=PSC=C1. The largest absolute Gasteiger partial charge is 0.0739 e. The van der Waals surface area contributed by atoms with Gasteiger partial charge in [0.15, 0.2) is 0 Å². The highest BCUT2D eigenvalue weighted by Gasteiger charge is 1.71. The normalized spacial score (nSPS) is 19.4. The molecule has 0 aromatic heterocycles. The van der Waals surface area contributed by atoms with Crippen LogP contribution in [0.25, 0.3) is 0 Å². The van der Waals surface area contributed by atoms with Crippen LogP contribution in [0, 0.1) is 0 Å². The fourth-order valence-corrected chi connectivity index (χ4v) is 1.61. The minimum atomic E-state index is 1.32. The molecule has 0 atom stereocenters. The molecule has 0 unspecified atom stereocenters. The Labute approximate surface area is 48.9 Å². The summed E-state index contributed by atoms with van der Waals surface area (Å²) >= 11 is 1.79. The van der Waals surface area contributed by atoms with Crippen LogP contribution in [-0.4, -0.2) is 5.80 Å². The molecule has 1 heterocycles. The van der Waals surface area contributed by atoms with Crippen molar-refractivity contribution in [2.75, 3.05) is 0 Å². The van der Waals surface area contributed by atoms with Crippen LogP contribution in [0.2, 0.25) is 0 Å². The quantitative estimate of drug-likeness (QED) is 0.451. The van der Waals surface area contributed by atoms with Crippen molar-refractivity contribution in [3.63, 3.8) is 0 Å². The lowest BCUT2D eigenvalue weighted by molar-refractivity contribution is 2.08. The molecule has 0 saturated heterocycles. The first-order valence-corrected chi connectivity index (χ1v) is 4.46. The van der Waals surface area contributed by atoms with E-state index in [1.54, 1.807) is 11.4 Å². The second-order valence-electron chi connectivity index (χ2n) is 1.07. The van der Waals surface area contributed by atoms with Crippen LogP contribution in [0.3, 0.4) is 0 Å². The summed E-state index contributed by atoms with van der Waals surface area (Å²) in [5, 5.41) is 2.08. The Morgan fingerprint density at radius 1 is 1.14 bits per heavy atom. The summed E-state index contributed by atoms with van der Waals surface area (Å²) in [5.74, 6) is 2.12. The molecule has 0 radical (unpaired) electrons. The molecule has 0 N–H and O–H groups in total. The van der Waals surface area contributed by atoms with Crippen LogP contribution in [0.5, 0.6) is 0 Å². The van der Waals surface area contributed by atoms with Gasteiger partial charge in [0.2, 0.25) is 0 Å². The average molecular weight is 128 g/mol. The number of hydrogen-bond donors (Lipinski definition) is 0. The monoisotopic (exact) mass is 128 g/mol. The van der Waals surface area contributed by atoms with Gasteiger partial charge >= 0.3 is 0 Å². The topological polar surface area (TPSA) is 0 Å². The van der Waals surface area contributed by atoms with Gasteiger partial charge in [-0.3, -0.25) is 0 Å². The number of hydrogen-bond acceptors (Lipinski definition) is 1. The van der Waals surface area contributed by atoms with Gasteiger partial charge in [-0.05, 0) is 18.6 Å². The molecule has 0 saturated carbocycles. The first-order chi connectivity index (χ1) is 3.50. The standard InChI is InChI=1S/C5H5PS/c1-2-4-6-7-5-3-1/h1-5H. The minimum absolute atomic E-state index is 1.32. The molecule has 36 valence electrons. The van der Waals surface area contributed by atoms with E-state index in [1.807, 2.05) is 12.2 Å². The van der Waals surface area contributed by atoms with Crippen molar-refractivity contribution in [2.45, 2.75) is 0 Å². The zero-order valence-corrected chi connectivity index (χ0v) is 5.45. The van der Waals surface area contributed by atoms with E-state index in [1.165, 1.54) is 7.41 Å². The highest BCUT2D eigenvalue weighted by atomic mass is 32.7. The third kappa shape index (κ3) is 1.96. The zero-order chi connectivity index (χ0) is 4.95. The Balaban J connectivity index is 2.60. The summed E-state index contributed by atoms with van der Waals surface area (Å²) in [7, 11) is 1.32. The molecular formula is C5H5PS. The predicted molar refractivity (Wildman–Crippen MR) is 38.9 cm³/mol.